The number of imide groups is 1. The van der Waals surface area contributed by atoms with Crippen molar-refractivity contribution in [2.24, 2.45) is 29.6 Å². The van der Waals surface area contributed by atoms with Crippen LogP contribution in [-0.4, -0.2) is 47.1 Å². The number of alkyl halides is 3. The third-order valence-corrected chi connectivity index (χ3v) is 13.4. The van der Waals surface area contributed by atoms with Gasteiger partial charge in [0.2, 0.25) is 11.8 Å². The van der Waals surface area contributed by atoms with Crippen LogP contribution in [-0.2, 0) is 25.3 Å². The molecule has 16 heteroatoms. The molecule has 0 radical (unpaired) electrons. The Morgan fingerprint density at radius 2 is 1.72 bits per heavy atom. The standard InChI is InChI=1S/C37H29ClF3N3O7S2/c1-2-50-35(48)16-7-10-18(11-8-16)44-33(46)28-20-14-21(29(28)34(44)47)30-27(20)26(31-32(52-30)43-36(49)53-31)19-13-17(38)9-12-24(19)51-15-25(45)42-23-6-4-3-5-22(23)37(39,40)41/h3-13,20-21,26-30H,2,14-15H2,1H3,(H,42,45)(H,43,49)/t20?,21?,26-,27?,28?,29?,30?/m1/s1. The van der Waals surface area contributed by atoms with Crippen LogP contribution in [0.3, 0.4) is 0 Å². The molecule has 7 atom stereocenters. The molecule has 1 aromatic heterocycles. The Labute approximate surface area is 313 Å². The summed E-state index contributed by atoms with van der Waals surface area (Å²) in [4.78, 5) is 70.8. The van der Waals surface area contributed by atoms with Gasteiger partial charge in [0.25, 0.3) is 5.91 Å². The van der Waals surface area contributed by atoms with Gasteiger partial charge in [-0.15, -0.1) is 11.8 Å². The molecule has 3 aromatic carbocycles. The lowest BCUT2D eigenvalue weighted by Crippen LogP contribution is -2.42. The number of thioether (sulfide) groups is 1. The molecule has 3 fully saturated rings. The van der Waals surface area contributed by atoms with Crippen molar-refractivity contribution in [3.05, 3.63) is 103 Å². The molecule has 274 valence electrons. The number of hydrogen-bond acceptors (Lipinski definition) is 9. The van der Waals surface area contributed by atoms with Crippen LogP contribution < -0.4 is 19.8 Å². The van der Waals surface area contributed by atoms with Crippen molar-refractivity contribution in [1.82, 2.24) is 4.98 Å². The number of H-pyrrole nitrogens is 1. The number of amides is 3. The number of hydrogen-bond donors (Lipinski definition) is 2. The molecule has 4 aliphatic rings. The molecule has 1 saturated heterocycles. The van der Waals surface area contributed by atoms with E-state index < -0.39 is 53.7 Å². The Hall–Kier alpha value is -4.60. The van der Waals surface area contributed by atoms with Crippen LogP contribution in [0.25, 0.3) is 0 Å². The number of benzene rings is 3. The Balaban J connectivity index is 1.10. The summed E-state index contributed by atoms with van der Waals surface area (Å²) >= 11 is 9.06. The van der Waals surface area contributed by atoms with E-state index in [1.54, 1.807) is 37.3 Å². The average Bonchev–Trinajstić information content (AvgIpc) is 3.86. The lowest BCUT2D eigenvalue weighted by atomic mass is 9.68. The number of halogens is 4. The van der Waals surface area contributed by atoms with E-state index in [4.69, 9.17) is 21.1 Å². The van der Waals surface area contributed by atoms with E-state index in [2.05, 4.69) is 10.3 Å². The quantitative estimate of drug-likeness (QED) is 0.145. The van der Waals surface area contributed by atoms with Gasteiger partial charge in [-0.1, -0.05) is 35.1 Å². The number of nitrogens with one attached hydrogen (secondary N) is 2. The molecule has 0 spiro atoms. The minimum absolute atomic E-state index is 0.166. The smallest absolute Gasteiger partial charge is 0.418 e. The van der Waals surface area contributed by atoms with Crippen LogP contribution in [0, 0.1) is 29.6 Å². The molecule has 8 rings (SSSR count). The molecule has 4 aromatic rings. The second kappa shape index (κ2) is 13.4. The first kappa shape index (κ1) is 35.4. The van der Waals surface area contributed by atoms with Crippen molar-refractivity contribution in [3.63, 3.8) is 0 Å². The molecule has 2 aliphatic heterocycles. The predicted octanol–water partition coefficient (Wildman–Crippen LogP) is 6.98. The number of aromatic nitrogens is 1. The van der Waals surface area contributed by atoms with Gasteiger partial charge in [0.1, 0.15) is 5.75 Å². The number of thiazole rings is 1. The molecule has 53 heavy (non-hydrogen) atoms. The van der Waals surface area contributed by atoms with E-state index in [0.717, 1.165) is 23.5 Å². The molecule has 2 bridgehead atoms. The van der Waals surface area contributed by atoms with Crippen molar-refractivity contribution in [1.29, 1.82) is 0 Å². The van der Waals surface area contributed by atoms with E-state index in [0.29, 0.717) is 38.2 Å². The summed E-state index contributed by atoms with van der Waals surface area (Å²) in [5.41, 5.74) is -0.194. The van der Waals surface area contributed by atoms with Crippen molar-refractivity contribution < 1.29 is 41.8 Å². The highest BCUT2D eigenvalue weighted by atomic mass is 35.5. The number of carbonyl (C=O) groups is 4. The van der Waals surface area contributed by atoms with E-state index in [1.165, 1.54) is 40.9 Å². The number of rotatable bonds is 8. The van der Waals surface area contributed by atoms with Crippen molar-refractivity contribution >= 4 is 69.8 Å². The average molecular weight is 784 g/mol. The van der Waals surface area contributed by atoms with Crippen molar-refractivity contribution in [2.75, 3.05) is 23.4 Å². The summed E-state index contributed by atoms with van der Waals surface area (Å²) in [7, 11) is 0. The number of ether oxygens (including phenoxy) is 2. The minimum Gasteiger partial charge on any atom is -0.483 e. The number of esters is 1. The van der Waals surface area contributed by atoms with E-state index in [9.17, 15) is 37.1 Å². The maximum absolute atomic E-state index is 14.2. The third-order valence-electron chi connectivity index (χ3n) is 10.5. The number of nitrogens with zero attached hydrogens (tertiary/aromatic N) is 1. The van der Waals surface area contributed by atoms with Gasteiger partial charge in [-0.2, -0.15) is 13.2 Å². The Bertz CT molecular complexity index is 2230. The number of carbonyl (C=O) groups excluding carboxylic acids is 4. The summed E-state index contributed by atoms with van der Waals surface area (Å²) in [5.74, 6) is -4.12. The molecular weight excluding hydrogens is 755 g/mol. The van der Waals surface area contributed by atoms with Crippen LogP contribution in [0.1, 0.15) is 45.6 Å². The van der Waals surface area contributed by atoms with Crippen molar-refractivity contribution in [2.45, 2.75) is 35.7 Å². The summed E-state index contributed by atoms with van der Waals surface area (Å²) in [6, 6.07) is 15.6. The first-order valence-electron chi connectivity index (χ1n) is 16.8. The molecule has 2 aliphatic carbocycles. The van der Waals surface area contributed by atoms with Gasteiger partial charge in [0.15, 0.2) is 6.61 Å². The maximum atomic E-state index is 14.2. The Morgan fingerprint density at radius 3 is 2.43 bits per heavy atom. The highest BCUT2D eigenvalue weighted by Gasteiger charge is 2.70. The fraction of sp³-hybridized carbons (Fsp3) is 0.324. The van der Waals surface area contributed by atoms with E-state index >= 15 is 0 Å². The topological polar surface area (TPSA) is 135 Å². The molecular formula is C37H29ClF3N3O7S2. The van der Waals surface area contributed by atoms with Gasteiger partial charge >= 0.3 is 17.0 Å². The largest absolute Gasteiger partial charge is 0.483 e. The number of aromatic amines is 1. The van der Waals surface area contributed by atoms with Gasteiger partial charge in [-0.3, -0.25) is 24.1 Å². The zero-order chi connectivity index (χ0) is 37.3. The van der Waals surface area contributed by atoms with Crippen LogP contribution in [0.15, 0.2) is 76.6 Å². The maximum Gasteiger partial charge on any atom is 0.418 e. The Kier molecular flexibility index (Phi) is 8.93. The minimum atomic E-state index is -4.68. The fourth-order valence-electron chi connectivity index (χ4n) is 8.64. The second-order valence-corrected chi connectivity index (χ2v) is 15.9. The summed E-state index contributed by atoms with van der Waals surface area (Å²) < 4.78 is 51.7. The van der Waals surface area contributed by atoms with Gasteiger partial charge in [-0.05, 0) is 85.7 Å². The lowest BCUT2D eigenvalue weighted by molar-refractivity contribution is -0.137. The van der Waals surface area contributed by atoms with Crippen LogP contribution in [0.4, 0.5) is 24.5 Å². The van der Waals surface area contributed by atoms with Gasteiger partial charge in [0, 0.05) is 26.6 Å². The molecule has 3 amide bonds. The van der Waals surface area contributed by atoms with Crippen LogP contribution >= 0.6 is 34.7 Å². The number of fused-ring (bicyclic) bond motifs is 9. The Morgan fingerprint density at radius 1 is 1.00 bits per heavy atom. The molecule has 2 saturated carbocycles. The normalized spacial score (nSPS) is 25.5. The van der Waals surface area contributed by atoms with E-state index in [-0.39, 0.29) is 52.0 Å². The zero-order valence-corrected chi connectivity index (χ0v) is 30.0. The van der Waals surface area contributed by atoms with Crippen LogP contribution in [0.5, 0.6) is 5.75 Å². The molecule has 6 unspecified atom stereocenters. The monoisotopic (exact) mass is 783 g/mol. The highest BCUT2D eigenvalue weighted by molar-refractivity contribution is 8.00. The fourth-order valence-corrected chi connectivity index (χ4v) is 11.7. The summed E-state index contributed by atoms with van der Waals surface area (Å²) in [6.07, 6.45) is -4.07. The SMILES string of the molecule is CCOC(=O)c1ccc(N2C(=O)C3C4CC(C3C2=O)C2C4Sc3[nH]c(=O)sc3[C@@H]2c2cc(Cl)ccc2OCC(=O)Nc2ccccc2C(F)(F)F)cc1. The molecule has 2 N–H and O–H groups in total. The lowest BCUT2D eigenvalue weighted by Gasteiger charge is -2.43. The molecule has 10 nitrogen and oxygen atoms in total. The zero-order valence-electron chi connectivity index (χ0n) is 27.6. The number of anilines is 2. The first-order chi connectivity index (χ1) is 25.3. The van der Waals surface area contributed by atoms with Gasteiger partial charge in [0.05, 0.1) is 46.0 Å². The highest BCUT2D eigenvalue weighted by Crippen LogP contribution is 2.69. The summed E-state index contributed by atoms with van der Waals surface area (Å²) in [6.45, 7) is 1.28. The number of para-hydroxylation sites is 1. The third kappa shape index (κ3) is 6.02. The summed E-state index contributed by atoms with van der Waals surface area (Å²) in [5, 5.41) is 3.11. The predicted molar refractivity (Wildman–Crippen MR) is 190 cm³/mol. The van der Waals surface area contributed by atoms with E-state index in [1.807, 2.05) is 0 Å². The van der Waals surface area contributed by atoms with Gasteiger partial charge in [-0.25, -0.2) is 4.79 Å². The van der Waals surface area contributed by atoms with Crippen molar-refractivity contribution in [3.8, 4) is 5.75 Å². The molecule has 3 heterocycles. The second-order valence-electron chi connectivity index (χ2n) is 13.3. The first-order valence-corrected chi connectivity index (χ1v) is 18.9. The van der Waals surface area contributed by atoms with Crippen LogP contribution in [0.2, 0.25) is 5.02 Å². The van der Waals surface area contributed by atoms with Gasteiger partial charge < -0.3 is 19.8 Å².